The van der Waals surface area contributed by atoms with E-state index in [9.17, 15) is 18.0 Å². The van der Waals surface area contributed by atoms with Gasteiger partial charge in [-0.25, -0.2) is 4.98 Å². The Balaban J connectivity index is 1.63. The summed E-state index contributed by atoms with van der Waals surface area (Å²) in [6.07, 6.45) is 0.0995. The Kier molecular flexibility index (Phi) is 6.24. The molecule has 0 radical (unpaired) electrons. The summed E-state index contributed by atoms with van der Waals surface area (Å²) in [5.74, 6) is -0.834. The maximum absolute atomic E-state index is 13.7. The SMILES string of the molecule is Cc1cccnc1-c1nc(C(F)(F)F)c(C(=O)NC(C)c2cccc(-c3cccnc3)c2)s1. The van der Waals surface area contributed by atoms with Gasteiger partial charge in [-0.3, -0.25) is 14.8 Å². The molecule has 1 atom stereocenters. The van der Waals surface area contributed by atoms with Crippen LogP contribution in [0.15, 0.2) is 67.1 Å². The molecule has 1 aromatic carbocycles. The van der Waals surface area contributed by atoms with E-state index >= 15 is 0 Å². The predicted molar refractivity (Wildman–Crippen MR) is 121 cm³/mol. The minimum Gasteiger partial charge on any atom is -0.345 e. The zero-order valence-electron chi connectivity index (χ0n) is 17.7. The average molecular weight is 469 g/mol. The second-order valence-electron chi connectivity index (χ2n) is 7.43. The molecule has 4 aromatic rings. The Bertz CT molecular complexity index is 1290. The highest BCUT2D eigenvalue weighted by Gasteiger charge is 2.40. The number of benzene rings is 1. The maximum atomic E-state index is 13.7. The molecule has 0 bridgehead atoms. The third kappa shape index (κ3) is 4.93. The third-order valence-corrected chi connectivity index (χ3v) is 6.10. The zero-order valence-corrected chi connectivity index (χ0v) is 18.5. The summed E-state index contributed by atoms with van der Waals surface area (Å²) in [6.45, 7) is 3.45. The van der Waals surface area contributed by atoms with Crippen molar-refractivity contribution in [2.75, 3.05) is 0 Å². The average Bonchev–Trinajstić information content (AvgIpc) is 3.26. The lowest BCUT2D eigenvalue weighted by molar-refractivity contribution is -0.141. The molecule has 0 saturated carbocycles. The van der Waals surface area contributed by atoms with Crippen molar-refractivity contribution in [1.29, 1.82) is 0 Å². The van der Waals surface area contributed by atoms with E-state index < -0.39 is 28.7 Å². The highest BCUT2D eigenvalue weighted by atomic mass is 32.1. The van der Waals surface area contributed by atoms with Gasteiger partial charge in [0.15, 0.2) is 5.69 Å². The number of nitrogens with zero attached hydrogens (tertiary/aromatic N) is 3. The third-order valence-electron chi connectivity index (χ3n) is 5.04. The summed E-state index contributed by atoms with van der Waals surface area (Å²) in [5.41, 5.74) is 2.33. The normalized spacial score (nSPS) is 12.4. The van der Waals surface area contributed by atoms with Crippen molar-refractivity contribution in [3.63, 3.8) is 0 Å². The van der Waals surface area contributed by atoms with Crippen molar-refractivity contribution in [2.45, 2.75) is 26.1 Å². The zero-order chi connectivity index (χ0) is 23.6. The molecule has 5 nitrogen and oxygen atoms in total. The smallest absolute Gasteiger partial charge is 0.345 e. The fraction of sp³-hybridized carbons (Fsp3) is 0.167. The number of halogens is 3. The van der Waals surface area contributed by atoms with Gasteiger partial charge in [0.05, 0.1) is 6.04 Å². The Morgan fingerprint density at radius 2 is 1.82 bits per heavy atom. The van der Waals surface area contributed by atoms with Crippen molar-refractivity contribution in [3.05, 3.63) is 88.8 Å². The van der Waals surface area contributed by atoms with Crippen LogP contribution in [-0.4, -0.2) is 20.9 Å². The Hall–Kier alpha value is -3.59. The van der Waals surface area contributed by atoms with E-state index in [4.69, 9.17) is 0 Å². The molecule has 33 heavy (non-hydrogen) atoms. The number of nitrogens with one attached hydrogen (secondary N) is 1. The molecule has 0 aliphatic carbocycles. The van der Waals surface area contributed by atoms with Crippen LogP contribution < -0.4 is 5.32 Å². The number of amides is 1. The Labute approximate surface area is 192 Å². The van der Waals surface area contributed by atoms with Gasteiger partial charge >= 0.3 is 6.18 Å². The summed E-state index contributed by atoms with van der Waals surface area (Å²) >= 11 is 0.685. The Morgan fingerprint density at radius 1 is 1.06 bits per heavy atom. The van der Waals surface area contributed by atoms with Crippen molar-refractivity contribution in [3.8, 4) is 21.8 Å². The van der Waals surface area contributed by atoms with Crippen LogP contribution in [-0.2, 0) is 6.18 Å². The minimum atomic E-state index is -4.77. The van der Waals surface area contributed by atoms with Crippen LogP contribution in [0.25, 0.3) is 21.8 Å². The topological polar surface area (TPSA) is 67.8 Å². The molecule has 0 aliphatic heterocycles. The molecule has 4 rings (SSSR count). The van der Waals surface area contributed by atoms with Crippen molar-refractivity contribution >= 4 is 17.2 Å². The molecule has 1 amide bonds. The van der Waals surface area contributed by atoms with Gasteiger partial charge in [-0.2, -0.15) is 13.2 Å². The monoisotopic (exact) mass is 468 g/mol. The lowest BCUT2D eigenvalue weighted by Gasteiger charge is -2.15. The van der Waals surface area contributed by atoms with Crippen LogP contribution in [0, 0.1) is 6.92 Å². The fourth-order valence-corrected chi connectivity index (χ4v) is 4.39. The number of carbonyl (C=O) groups is 1. The van der Waals surface area contributed by atoms with Gasteiger partial charge in [0.2, 0.25) is 0 Å². The van der Waals surface area contributed by atoms with E-state index in [0.29, 0.717) is 22.6 Å². The maximum Gasteiger partial charge on any atom is 0.435 e. The van der Waals surface area contributed by atoms with Gasteiger partial charge in [0.1, 0.15) is 15.6 Å². The van der Waals surface area contributed by atoms with Crippen LogP contribution >= 0.6 is 11.3 Å². The van der Waals surface area contributed by atoms with E-state index in [1.807, 2.05) is 36.4 Å². The quantitative estimate of drug-likeness (QED) is 0.385. The number of aromatic nitrogens is 3. The number of carbonyl (C=O) groups excluding carboxylic acids is 1. The first-order valence-corrected chi connectivity index (χ1v) is 10.9. The van der Waals surface area contributed by atoms with Gasteiger partial charge < -0.3 is 5.32 Å². The highest BCUT2D eigenvalue weighted by molar-refractivity contribution is 7.17. The van der Waals surface area contributed by atoms with E-state index in [0.717, 1.165) is 16.7 Å². The van der Waals surface area contributed by atoms with Crippen LogP contribution in [0.1, 0.15) is 39.5 Å². The summed E-state index contributed by atoms with van der Waals surface area (Å²) in [7, 11) is 0. The molecule has 0 fully saturated rings. The molecule has 3 heterocycles. The van der Waals surface area contributed by atoms with Gasteiger partial charge in [-0.1, -0.05) is 30.3 Å². The molecule has 3 aromatic heterocycles. The predicted octanol–water partition coefficient (Wildman–Crippen LogP) is 6.09. The molecular formula is C24H19F3N4OS. The van der Waals surface area contributed by atoms with Crippen molar-refractivity contribution < 1.29 is 18.0 Å². The molecular weight excluding hydrogens is 449 g/mol. The number of hydrogen-bond acceptors (Lipinski definition) is 5. The molecule has 1 N–H and O–H groups in total. The number of pyridine rings is 2. The van der Waals surface area contributed by atoms with Gasteiger partial charge in [-0.15, -0.1) is 11.3 Å². The molecule has 1 unspecified atom stereocenters. The fourth-order valence-electron chi connectivity index (χ4n) is 3.34. The molecule has 0 spiro atoms. The Morgan fingerprint density at radius 3 is 2.52 bits per heavy atom. The lowest BCUT2D eigenvalue weighted by Crippen LogP contribution is -2.28. The second-order valence-corrected chi connectivity index (χ2v) is 8.42. The molecule has 9 heteroatoms. The first-order chi connectivity index (χ1) is 15.7. The van der Waals surface area contributed by atoms with Crippen LogP contribution in [0.5, 0.6) is 0 Å². The number of alkyl halides is 3. The summed E-state index contributed by atoms with van der Waals surface area (Å²) in [4.78, 5) is 24.4. The number of hydrogen-bond donors (Lipinski definition) is 1. The largest absolute Gasteiger partial charge is 0.435 e. The van der Waals surface area contributed by atoms with E-state index in [2.05, 4.69) is 20.3 Å². The van der Waals surface area contributed by atoms with Gasteiger partial charge in [0.25, 0.3) is 5.91 Å². The first-order valence-electron chi connectivity index (χ1n) is 10.1. The minimum absolute atomic E-state index is 0.0526. The van der Waals surface area contributed by atoms with Crippen molar-refractivity contribution in [1.82, 2.24) is 20.3 Å². The molecule has 0 aliphatic rings. The number of thiazole rings is 1. The highest BCUT2D eigenvalue weighted by Crippen LogP contribution is 2.38. The molecule has 168 valence electrons. The van der Waals surface area contributed by atoms with E-state index in [1.165, 1.54) is 6.20 Å². The summed E-state index contributed by atoms with van der Waals surface area (Å²) < 4.78 is 41.0. The second kappa shape index (κ2) is 9.11. The van der Waals surface area contributed by atoms with E-state index in [1.54, 1.807) is 38.4 Å². The van der Waals surface area contributed by atoms with Gasteiger partial charge in [0, 0.05) is 18.6 Å². The lowest BCUT2D eigenvalue weighted by atomic mass is 10.0. The number of aryl methyl sites for hydroxylation is 1. The first kappa shape index (κ1) is 22.6. The van der Waals surface area contributed by atoms with Crippen molar-refractivity contribution in [2.24, 2.45) is 0 Å². The van der Waals surface area contributed by atoms with Crippen LogP contribution in [0.2, 0.25) is 0 Å². The molecule has 0 saturated heterocycles. The standard InChI is InChI=1S/C24H19F3N4OS/c1-14-6-4-11-29-19(14)23-31-21(24(25,26)27)20(33-23)22(32)30-15(2)16-7-3-8-17(12-16)18-9-5-10-28-13-18/h3-13,15H,1-2H3,(H,30,32). The van der Waals surface area contributed by atoms with Crippen LogP contribution in [0.4, 0.5) is 13.2 Å². The number of rotatable bonds is 5. The van der Waals surface area contributed by atoms with Gasteiger partial charge in [-0.05, 0) is 54.3 Å². The van der Waals surface area contributed by atoms with E-state index in [-0.39, 0.29) is 5.01 Å². The summed E-state index contributed by atoms with van der Waals surface area (Å²) in [5, 5.41) is 2.73. The summed E-state index contributed by atoms with van der Waals surface area (Å²) in [6, 6.07) is 14.0. The van der Waals surface area contributed by atoms with Crippen LogP contribution in [0.3, 0.4) is 0 Å².